The van der Waals surface area contributed by atoms with Gasteiger partial charge in [0.25, 0.3) is 5.56 Å². The summed E-state index contributed by atoms with van der Waals surface area (Å²) < 4.78 is 0. The van der Waals surface area contributed by atoms with Gasteiger partial charge in [-0.1, -0.05) is 41.4 Å². The van der Waals surface area contributed by atoms with Crippen LogP contribution >= 0.6 is 23.2 Å². The van der Waals surface area contributed by atoms with Crippen LogP contribution in [0.4, 0.5) is 0 Å². The Morgan fingerprint density at radius 3 is 2.65 bits per heavy atom. The zero-order valence-electron chi connectivity index (χ0n) is 12.7. The van der Waals surface area contributed by atoms with Gasteiger partial charge in [-0.2, -0.15) is 0 Å². The Morgan fingerprint density at radius 2 is 1.91 bits per heavy atom. The maximum Gasteiger partial charge on any atom is 0.259 e. The number of nitrogens with zero attached hydrogens (tertiary/aromatic N) is 1. The van der Waals surface area contributed by atoms with Crippen LogP contribution in [0, 0.1) is 13.8 Å². The number of H-pyrrole nitrogens is 1. The second-order valence-corrected chi connectivity index (χ2v) is 6.26. The Kier molecular flexibility index (Phi) is 4.24. The predicted octanol–water partition coefficient (Wildman–Crippen LogP) is 4.93. The van der Waals surface area contributed by atoms with Crippen molar-refractivity contribution in [3.63, 3.8) is 0 Å². The molecule has 5 heteroatoms. The summed E-state index contributed by atoms with van der Waals surface area (Å²) in [5.41, 5.74) is 3.64. The Labute approximate surface area is 143 Å². The number of nitrogens with one attached hydrogen (secondary N) is 1. The number of hydrogen-bond donors (Lipinski definition) is 1. The van der Waals surface area contributed by atoms with E-state index in [1.807, 2.05) is 25.1 Å². The quantitative estimate of drug-likeness (QED) is 0.716. The number of aryl methyl sites for hydroxylation is 2. The summed E-state index contributed by atoms with van der Waals surface area (Å²) in [5.74, 6) is 0.338. The number of rotatable bonds is 2. The molecule has 116 valence electrons. The van der Waals surface area contributed by atoms with E-state index < -0.39 is 0 Å². The number of fused-ring (bicyclic) bond motifs is 1. The van der Waals surface area contributed by atoms with Crippen molar-refractivity contribution in [2.24, 2.45) is 0 Å². The van der Waals surface area contributed by atoms with E-state index >= 15 is 0 Å². The molecule has 0 aliphatic carbocycles. The molecule has 0 atom stereocenters. The third kappa shape index (κ3) is 3.31. The number of aromatic amines is 1. The highest BCUT2D eigenvalue weighted by atomic mass is 35.5. The topological polar surface area (TPSA) is 45.8 Å². The summed E-state index contributed by atoms with van der Waals surface area (Å²) in [6.45, 7) is 4.10. The first-order valence-corrected chi connectivity index (χ1v) is 7.84. The first-order chi connectivity index (χ1) is 10.9. The van der Waals surface area contributed by atoms with Crippen molar-refractivity contribution in [2.45, 2.75) is 13.8 Å². The van der Waals surface area contributed by atoms with Gasteiger partial charge in [-0.3, -0.25) is 4.79 Å². The lowest BCUT2D eigenvalue weighted by Gasteiger charge is -2.04. The molecular formula is C18H14Cl2N2O. The molecule has 0 aliphatic rings. The van der Waals surface area contributed by atoms with Crippen molar-refractivity contribution in [1.29, 1.82) is 0 Å². The van der Waals surface area contributed by atoms with Crippen LogP contribution in [0.25, 0.3) is 22.0 Å². The molecule has 0 fully saturated rings. The van der Waals surface area contributed by atoms with Crippen molar-refractivity contribution in [1.82, 2.24) is 9.97 Å². The number of halogens is 2. The molecule has 0 saturated carbocycles. The van der Waals surface area contributed by atoms with Crippen LogP contribution in [0.2, 0.25) is 5.02 Å². The average molecular weight is 345 g/mol. The van der Waals surface area contributed by atoms with Crippen molar-refractivity contribution >= 4 is 45.2 Å². The molecule has 0 spiro atoms. The summed E-state index contributed by atoms with van der Waals surface area (Å²) in [5, 5.41) is 1.31. The SMILES string of the molecule is Cc1ccc(/C=C(\Cl)c2nc3ccc(Cl)cc3c(=O)[nH]2)cc1C. The highest BCUT2D eigenvalue weighted by Gasteiger charge is 2.07. The maximum absolute atomic E-state index is 12.2. The van der Waals surface area contributed by atoms with Gasteiger partial charge in [-0.15, -0.1) is 0 Å². The molecule has 0 unspecified atom stereocenters. The van der Waals surface area contributed by atoms with Crippen LogP contribution in [0.15, 0.2) is 41.2 Å². The number of hydrogen-bond acceptors (Lipinski definition) is 2. The van der Waals surface area contributed by atoms with Gasteiger partial charge < -0.3 is 4.98 Å². The third-order valence-corrected chi connectivity index (χ3v) is 4.24. The molecule has 1 aromatic heterocycles. The number of benzene rings is 2. The van der Waals surface area contributed by atoms with Gasteiger partial charge in [0.2, 0.25) is 0 Å². The molecule has 0 radical (unpaired) electrons. The zero-order valence-corrected chi connectivity index (χ0v) is 14.2. The van der Waals surface area contributed by atoms with Crippen molar-refractivity contribution in [2.75, 3.05) is 0 Å². The van der Waals surface area contributed by atoms with E-state index in [2.05, 4.69) is 16.9 Å². The molecular weight excluding hydrogens is 331 g/mol. The highest BCUT2D eigenvalue weighted by molar-refractivity contribution is 6.50. The Bertz CT molecular complexity index is 990. The summed E-state index contributed by atoms with van der Waals surface area (Å²) in [4.78, 5) is 19.3. The summed E-state index contributed by atoms with van der Waals surface area (Å²) in [7, 11) is 0. The first-order valence-electron chi connectivity index (χ1n) is 7.08. The molecule has 1 N–H and O–H groups in total. The molecule has 3 rings (SSSR count). The van der Waals surface area contributed by atoms with Crippen LogP contribution in [0.3, 0.4) is 0 Å². The van der Waals surface area contributed by atoms with Crippen molar-refractivity contribution in [3.05, 3.63) is 74.3 Å². The molecule has 0 saturated heterocycles. The van der Waals surface area contributed by atoms with E-state index in [4.69, 9.17) is 23.2 Å². The fourth-order valence-electron chi connectivity index (χ4n) is 2.29. The second kappa shape index (κ2) is 6.19. The molecule has 0 bridgehead atoms. The molecule has 0 amide bonds. The summed E-state index contributed by atoms with van der Waals surface area (Å²) in [6.07, 6.45) is 1.79. The van der Waals surface area contributed by atoms with Crippen molar-refractivity contribution < 1.29 is 0 Å². The van der Waals surface area contributed by atoms with Crippen LogP contribution in [-0.2, 0) is 0 Å². The van der Waals surface area contributed by atoms with Crippen LogP contribution in [0.1, 0.15) is 22.5 Å². The maximum atomic E-state index is 12.2. The lowest BCUT2D eigenvalue weighted by molar-refractivity contribution is 1.14. The fourth-order valence-corrected chi connectivity index (χ4v) is 2.68. The molecule has 2 aromatic carbocycles. The van der Waals surface area contributed by atoms with Gasteiger partial charge in [-0.05, 0) is 54.8 Å². The van der Waals surface area contributed by atoms with E-state index in [0.717, 1.165) is 5.56 Å². The fraction of sp³-hybridized carbons (Fsp3) is 0.111. The minimum atomic E-state index is -0.265. The minimum absolute atomic E-state index is 0.265. The van der Waals surface area contributed by atoms with Gasteiger partial charge in [0.05, 0.1) is 15.9 Å². The minimum Gasteiger partial charge on any atom is -0.305 e. The van der Waals surface area contributed by atoms with E-state index in [-0.39, 0.29) is 5.56 Å². The monoisotopic (exact) mass is 344 g/mol. The highest BCUT2D eigenvalue weighted by Crippen LogP contribution is 2.22. The zero-order chi connectivity index (χ0) is 16.6. The lowest BCUT2D eigenvalue weighted by atomic mass is 10.1. The Balaban J connectivity index is 2.08. The van der Waals surface area contributed by atoms with Gasteiger partial charge >= 0.3 is 0 Å². The van der Waals surface area contributed by atoms with E-state index in [1.165, 1.54) is 11.1 Å². The smallest absolute Gasteiger partial charge is 0.259 e. The Hall–Kier alpha value is -2.10. The van der Waals surface area contributed by atoms with Gasteiger partial charge in [0.15, 0.2) is 5.82 Å². The summed E-state index contributed by atoms with van der Waals surface area (Å²) >= 11 is 12.2. The van der Waals surface area contributed by atoms with Gasteiger partial charge in [-0.25, -0.2) is 4.98 Å². The molecule has 0 aliphatic heterocycles. The third-order valence-electron chi connectivity index (χ3n) is 3.72. The molecule has 23 heavy (non-hydrogen) atoms. The first kappa shape index (κ1) is 15.8. The lowest BCUT2D eigenvalue weighted by Crippen LogP contribution is -2.10. The van der Waals surface area contributed by atoms with Gasteiger partial charge in [0, 0.05) is 5.02 Å². The van der Waals surface area contributed by atoms with Crippen LogP contribution in [-0.4, -0.2) is 9.97 Å². The molecule has 1 heterocycles. The van der Waals surface area contributed by atoms with E-state index in [1.54, 1.807) is 24.3 Å². The molecule has 3 aromatic rings. The van der Waals surface area contributed by atoms with Gasteiger partial charge in [0.1, 0.15) is 0 Å². The predicted molar refractivity (Wildman–Crippen MR) is 97.0 cm³/mol. The number of aromatic nitrogens is 2. The largest absolute Gasteiger partial charge is 0.305 e. The molecule has 3 nitrogen and oxygen atoms in total. The normalized spacial score (nSPS) is 11.9. The summed E-state index contributed by atoms with van der Waals surface area (Å²) in [6, 6.07) is 11.0. The average Bonchev–Trinajstić information content (AvgIpc) is 2.51. The van der Waals surface area contributed by atoms with E-state index in [9.17, 15) is 4.79 Å². The van der Waals surface area contributed by atoms with Crippen molar-refractivity contribution in [3.8, 4) is 0 Å². The second-order valence-electron chi connectivity index (χ2n) is 5.41. The standard InChI is InChI=1S/C18H14Cl2N2O/c1-10-3-4-12(7-11(10)2)8-15(20)17-21-16-6-5-13(19)9-14(16)18(23)22-17/h3-9H,1-2H3,(H,21,22,23)/b15-8-. The Morgan fingerprint density at radius 1 is 1.13 bits per heavy atom. The van der Waals surface area contributed by atoms with Crippen LogP contribution in [0.5, 0.6) is 0 Å². The van der Waals surface area contributed by atoms with E-state index in [0.29, 0.717) is 26.8 Å². The van der Waals surface area contributed by atoms with Crippen LogP contribution < -0.4 is 5.56 Å².